The van der Waals surface area contributed by atoms with E-state index in [1.807, 2.05) is 0 Å². The number of carbonyl (C=O) groups excluding carboxylic acids is 2. The van der Waals surface area contributed by atoms with Crippen molar-refractivity contribution in [2.45, 2.75) is 32.2 Å². The monoisotopic (exact) mass is 454 g/mol. The summed E-state index contributed by atoms with van der Waals surface area (Å²) in [7, 11) is 0. The summed E-state index contributed by atoms with van der Waals surface area (Å²) in [6.07, 6.45) is -8.73. The zero-order valence-electron chi connectivity index (χ0n) is 15.6. The molecule has 0 radical (unpaired) electrons. The number of aryl methyl sites for hydroxylation is 1. The van der Waals surface area contributed by atoms with Gasteiger partial charge in [0.05, 0.1) is 10.5 Å². The average Bonchev–Trinajstić information content (AvgIpc) is 2.64. The van der Waals surface area contributed by atoms with Gasteiger partial charge in [-0.15, -0.1) is 0 Å². The number of esters is 1. The van der Waals surface area contributed by atoms with Gasteiger partial charge in [0.15, 0.2) is 0 Å². The SMILES string of the molecule is Cc1cc(Cl)cc2c1O[C@H](C(F)(F)F)C(C(=O)OCOC(=O)OC(C)CO[NH+]=O)=C2. The maximum atomic E-state index is 13.4. The molecule has 1 unspecified atom stereocenters. The second kappa shape index (κ2) is 9.65. The normalized spacial score (nSPS) is 16.3. The summed E-state index contributed by atoms with van der Waals surface area (Å²) in [6.45, 7) is 1.56. The molecule has 2 atom stereocenters. The van der Waals surface area contributed by atoms with Gasteiger partial charge in [0.1, 0.15) is 11.9 Å². The van der Waals surface area contributed by atoms with Crippen LogP contribution in [0.15, 0.2) is 17.7 Å². The fourth-order valence-corrected chi connectivity index (χ4v) is 2.74. The molecule has 0 aliphatic carbocycles. The highest BCUT2D eigenvalue weighted by atomic mass is 35.5. The first kappa shape index (κ1) is 23.3. The molecule has 0 amide bonds. The lowest BCUT2D eigenvalue weighted by Crippen LogP contribution is -2.63. The van der Waals surface area contributed by atoms with Crippen LogP contribution in [0.5, 0.6) is 5.75 Å². The molecular formula is C17H16ClF3NO8+. The topological polar surface area (TPSA) is 111 Å². The van der Waals surface area contributed by atoms with Crippen molar-refractivity contribution in [2.75, 3.05) is 13.4 Å². The Morgan fingerprint density at radius 2 is 2.00 bits per heavy atom. The molecule has 0 aromatic heterocycles. The van der Waals surface area contributed by atoms with Crippen molar-refractivity contribution in [3.05, 3.63) is 38.8 Å². The van der Waals surface area contributed by atoms with Crippen LogP contribution in [0.1, 0.15) is 18.1 Å². The molecule has 13 heteroatoms. The van der Waals surface area contributed by atoms with Crippen LogP contribution < -0.4 is 10.1 Å². The summed E-state index contributed by atoms with van der Waals surface area (Å²) in [5.41, 5.74) is -0.336. The van der Waals surface area contributed by atoms with Gasteiger partial charge in [-0.2, -0.15) is 13.2 Å². The zero-order chi connectivity index (χ0) is 22.5. The van der Waals surface area contributed by atoms with Crippen LogP contribution in [0.3, 0.4) is 0 Å². The first-order chi connectivity index (χ1) is 14.0. The van der Waals surface area contributed by atoms with E-state index < -0.39 is 42.9 Å². The molecule has 9 nitrogen and oxygen atoms in total. The molecule has 0 saturated heterocycles. The minimum absolute atomic E-state index is 0.0677. The van der Waals surface area contributed by atoms with Crippen molar-refractivity contribution < 1.29 is 51.9 Å². The Morgan fingerprint density at radius 1 is 1.30 bits per heavy atom. The number of alkyl halides is 3. The highest BCUT2D eigenvalue weighted by Gasteiger charge is 2.49. The highest BCUT2D eigenvalue weighted by molar-refractivity contribution is 6.30. The first-order valence-electron chi connectivity index (χ1n) is 8.27. The van der Waals surface area contributed by atoms with E-state index in [1.165, 1.54) is 26.0 Å². The fourth-order valence-electron chi connectivity index (χ4n) is 2.46. The third kappa shape index (κ3) is 5.99. The standard InChI is InChI=1S/C17H16ClF3NO8/c1-8-3-11(18)4-10-5-12(14(17(19,20)21)30-13(8)10)15(23)26-7-27-16(24)29-9(2)6-28-22-25/h3-5,9,14,22H,6-7H2,1-2H3/q+1/t9?,14-/m0/s1. The molecule has 164 valence electrons. The van der Waals surface area contributed by atoms with Gasteiger partial charge in [0.25, 0.3) is 0 Å². The van der Waals surface area contributed by atoms with Crippen molar-refractivity contribution >= 4 is 29.8 Å². The summed E-state index contributed by atoms with van der Waals surface area (Å²) in [5.74, 6) is -1.48. The molecule has 0 bridgehead atoms. The van der Waals surface area contributed by atoms with E-state index >= 15 is 0 Å². The number of hydrogen-bond acceptors (Lipinski definition) is 8. The van der Waals surface area contributed by atoms with Crippen LogP contribution in [-0.4, -0.2) is 43.9 Å². The molecule has 1 aliphatic rings. The Balaban J connectivity index is 2.07. The van der Waals surface area contributed by atoms with Crippen molar-refractivity contribution in [2.24, 2.45) is 0 Å². The number of benzene rings is 1. The Morgan fingerprint density at radius 3 is 2.63 bits per heavy atom. The second-order valence-corrected chi connectivity index (χ2v) is 6.48. The van der Waals surface area contributed by atoms with Gasteiger partial charge in [-0.3, -0.25) is 0 Å². The van der Waals surface area contributed by atoms with Crippen molar-refractivity contribution in [1.29, 1.82) is 0 Å². The van der Waals surface area contributed by atoms with Gasteiger partial charge in [-0.25, -0.2) is 14.4 Å². The summed E-state index contributed by atoms with van der Waals surface area (Å²) in [4.78, 5) is 37.8. The Bertz CT molecular complexity index is 858. The number of halogens is 4. The quantitative estimate of drug-likeness (QED) is 0.379. The van der Waals surface area contributed by atoms with E-state index in [1.54, 1.807) is 0 Å². The van der Waals surface area contributed by atoms with E-state index in [2.05, 4.69) is 19.0 Å². The van der Waals surface area contributed by atoms with E-state index in [0.29, 0.717) is 5.56 Å². The van der Waals surface area contributed by atoms with Crippen LogP contribution in [0.2, 0.25) is 5.02 Å². The number of carbonyl (C=O) groups is 2. The second-order valence-electron chi connectivity index (χ2n) is 6.05. The summed E-state index contributed by atoms with van der Waals surface area (Å²) in [5, 5.41) is 1.36. The summed E-state index contributed by atoms with van der Waals surface area (Å²) >= 11 is 5.90. The Kier molecular flexibility index (Phi) is 7.48. The molecule has 1 heterocycles. The predicted molar refractivity (Wildman–Crippen MR) is 92.9 cm³/mol. The molecule has 30 heavy (non-hydrogen) atoms. The first-order valence-corrected chi connectivity index (χ1v) is 8.65. The molecular weight excluding hydrogens is 439 g/mol. The number of fused-ring (bicyclic) bond motifs is 1. The minimum atomic E-state index is -4.92. The average molecular weight is 455 g/mol. The van der Waals surface area contributed by atoms with Gasteiger partial charge in [0, 0.05) is 10.6 Å². The Labute approximate surface area is 172 Å². The van der Waals surface area contributed by atoms with Crippen LogP contribution in [0.4, 0.5) is 18.0 Å². The van der Waals surface area contributed by atoms with Crippen molar-refractivity contribution in [3.63, 3.8) is 0 Å². The number of hydrogen-bond donors (Lipinski definition) is 1. The molecule has 2 rings (SSSR count). The van der Waals surface area contributed by atoms with Crippen molar-refractivity contribution in [1.82, 2.24) is 0 Å². The van der Waals surface area contributed by atoms with Gasteiger partial charge in [0.2, 0.25) is 24.8 Å². The van der Waals surface area contributed by atoms with E-state index in [0.717, 1.165) is 11.4 Å². The van der Waals surface area contributed by atoms with E-state index in [9.17, 15) is 27.7 Å². The van der Waals surface area contributed by atoms with Gasteiger partial charge >= 0.3 is 18.3 Å². The molecule has 0 spiro atoms. The molecule has 1 aromatic rings. The lowest BCUT2D eigenvalue weighted by molar-refractivity contribution is -0.771. The molecule has 0 fully saturated rings. The third-order valence-corrected chi connectivity index (χ3v) is 3.89. The van der Waals surface area contributed by atoms with Crippen LogP contribution in [0, 0.1) is 11.8 Å². The number of rotatable bonds is 7. The fraction of sp³-hybridized carbons (Fsp3) is 0.412. The smallest absolute Gasteiger partial charge is 0.475 e. The van der Waals surface area contributed by atoms with Gasteiger partial charge in [-0.1, -0.05) is 11.6 Å². The maximum Gasteiger partial charge on any atom is 0.511 e. The van der Waals surface area contributed by atoms with Gasteiger partial charge < -0.3 is 18.9 Å². The lowest BCUT2D eigenvalue weighted by Gasteiger charge is -2.28. The van der Waals surface area contributed by atoms with Gasteiger partial charge in [-0.05, 0) is 37.6 Å². The van der Waals surface area contributed by atoms with E-state index in [4.69, 9.17) is 16.3 Å². The predicted octanol–water partition coefficient (Wildman–Crippen LogP) is 2.18. The number of nitrogens with one attached hydrogen (secondary N) is 1. The largest absolute Gasteiger partial charge is 0.511 e. The zero-order valence-corrected chi connectivity index (χ0v) is 16.3. The summed E-state index contributed by atoms with van der Waals surface area (Å²) < 4.78 is 58.9. The number of ether oxygens (including phenoxy) is 4. The maximum absolute atomic E-state index is 13.4. The molecule has 0 saturated carbocycles. The molecule has 1 N–H and O–H groups in total. The molecule has 1 aliphatic heterocycles. The highest BCUT2D eigenvalue weighted by Crippen LogP contribution is 2.40. The molecule has 1 aromatic carbocycles. The van der Waals surface area contributed by atoms with Crippen LogP contribution in [-0.2, 0) is 23.8 Å². The third-order valence-electron chi connectivity index (χ3n) is 3.67. The van der Waals surface area contributed by atoms with E-state index in [-0.39, 0.29) is 22.9 Å². The Hall–Kier alpha value is -3.02. The van der Waals surface area contributed by atoms with Crippen LogP contribution >= 0.6 is 11.6 Å². The van der Waals surface area contributed by atoms with Crippen LogP contribution in [0.25, 0.3) is 6.08 Å². The minimum Gasteiger partial charge on any atom is -0.475 e. The van der Waals surface area contributed by atoms with Crippen molar-refractivity contribution in [3.8, 4) is 5.75 Å². The summed E-state index contributed by atoms with van der Waals surface area (Å²) in [6, 6.07) is 2.75. The lowest BCUT2D eigenvalue weighted by atomic mass is 9.99.